The summed E-state index contributed by atoms with van der Waals surface area (Å²) in [6.07, 6.45) is 68.9. The van der Waals surface area contributed by atoms with Crippen molar-refractivity contribution in [3.8, 4) is 0 Å². The van der Waals surface area contributed by atoms with E-state index in [0.29, 0.717) is 12.8 Å². The summed E-state index contributed by atoms with van der Waals surface area (Å²) >= 11 is 0. The van der Waals surface area contributed by atoms with Gasteiger partial charge in [-0.15, -0.1) is 0 Å². The second-order valence-corrected chi connectivity index (χ2v) is 17.6. The van der Waals surface area contributed by atoms with Crippen molar-refractivity contribution < 1.29 is 24.2 Å². The van der Waals surface area contributed by atoms with Crippen molar-refractivity contribution in [2.75, 3.05) is 13.2 Å². The van der Waals surface area contributed by atoms with E-state index >= 15 is 0 Å². The van der Waals surface area contributed by atoms with E-state index in [1.807, 2.05) is 0 Å². The first-order chi connectivity index (χ1) is 30.1. The molecule has 1 unspecified atom stereocenters. The van der Waals surface area contributed by atoms with Crippen LogP contribution in [0.2, 0.25) is 0 Å². The lowest BCUT2D eigenvalue weighted by Crippen LogP contribution is -2.28. The largest absolute Gasteiger partial charge is 0.462 e. The van der Waals surface area contributed by atoms with E-state index < -0.39 is 6.10 Å². The van der Waals surface area contributed by atoms with Gasteiger partial charge in [-0.3, -0.25) is 9.59 Å². The van der Waals surface area contributed by atoms with E-state index in [1.165, 1.54) is 167 Å². The fourth-order valence-electron chi connectivity index (χ4n) is 7.64. The zero-order chi connectivity index (χ0) is 44.2. The number of hydrogen-bond acceptors (Lipinski definition) is 5. The number of allylic oxidation sites excluding steroid dienone is 10. The smallest absolute Gasteiger partial charge is 0.306 e. The van der Waals surface area contributed by atoms with Crippen LogP contribution in [0.1, 0.15) is 264 Å². The van der Waals surface area contributed by atoms with Gasteiger partial charge in [-0.1, -0.05) is 254 Å². The quantitative estimate of drug-likeness (QED) is 0.0375. The molecule has 0 aliphatic carbocycles. The maximum absolute atomic E-state index is 12.3. The highest BCUT2D eigenvalue weighted by molar-refractivity contribution is 5.70. The fraction of sp³-hybridized carbons (Fsp3) is 0.786. The van der Waals surface area contributed by atoms with Crippen LogP contribution in [0.15, 0.2) is 60.8 Å². The highest BCUT2D eigenvalue weighted by Crippen LogP contribution is 2.16. The van der Waals surface area contributed by atoms with E-state index in [4.69, 9.17) is 9.47 Å². The van der Waals surface area contributed by atoms with Crippen LogP contribution in [0.25, 0.3) is 0 Å². The molecule has 0 aromatic carbocycles. The molecule has 0 saturated carbocycles. The van der Waals surface area contributed by atoms with Crippen molar-refractivity contribution in [2.24, 2.45) is 0 Å². The topological polar surface area (TPSA) is 72.8 Å². The van der Waals surface area contributed by atoms with Crippen LogP contribution in [0.5, 0.6) is 0 Å². The average molecular weight is 853 g/mol. The van der Waals surface area contributed by atoms with Crippen LogP contribution in [-0.2, 0) is 19.1 Å². The molecule has 0 aliphatic rings. The Morgan fingerprint density at radius 1 is 0.393 bits per heavy atom. The van der Waals surface area contributed by atoms with Crippen LogP contribution < -0.4 is 0 Å². The van der Waals surface area contributed by atoms with Gasteiger partial charge in [0.15, 0.2) is 6.10 Å². The summed E-state index contributed by atoms with van der Waals surface area (Å²) in [6, 6.07) is 0. The number of carbonyl (C=O) groups is 2. The van der Waals surface area contributed by atoms with Crippen LogP contribution in [0.3, 0.4) is 0 Å². The predicted octanol–water partition coefficient (Wildman–Crippen LogP) is 17.5. The summed E-state index contributed by atoms with van der Waals surface area (Å²) in [5, 5.41) is 9.64. The zero-order valence-corrected chi connectivity index (χ0v) is 40.4. The Morgan fingerprint density at radius 2 is 0.705 bits per heavy atom. The molecular formula is C56H100O5. The third-order valence-electron chi connectivity index (χ3n) is 11.6. The van der Waals surface area contributed by atoms with E-state index in [9.17, 15) is 14.7 Å². The van der Waals surface area contributed by atoms with Crippen LogP contribution in [0.4, 0.5) is 0 Å². The van der Waals surface area contributed by atoms with Gasteiger partial charge >= 0.3 is 11.9 Å². The predicted molar refractivity (Wildman–Crippen MR) is 265 cm³/mol. The fourth-order valence-corrected chi connectivity index (χ4v) is 7.64. The lowest BCUT2D eigenvalue weighted by atomic mass is 10.0. The Bertz CT molecular complexity index is 1060. The van der Waals surface area contributed by atoms with Gasteiger partial charge in [-0.25, -0.2) is 0 Å². The van der Waals surface area contributed by atoms with Gasteiger partial charge in [0.25, 0.3) is 0 Å². The summed E-state index contributed by atoms with van der Waals surface area (Å²) < 4.78 is 10.7. The lowest BCUT2D eigenvalue weighted by molar-refractivity contribution is -0.161. The van der Waals surface area contributed by atoms with Crippen molar-refractivity contribution in [3.63, 3.8) is 0 Å². The Morgan fingerprint density at radius 3 is 1.07 bits per heavy atom. The standard InChI is InChI=1S/C56H100O5/c1-3-5-7-9-11-13-15-17-19-21-23-25-26-27-28-29-30-31-33-35-37-39-41-43-45-47-49-51-56(59)61-54(52-57)53-60-55(58)50-48-46-44-42-40-38-36-34-32-24-22-20-18-16-14-12-10-8-6-4-2/h5,7,11,13,17,19,23,25,27-28,54,57H,3-4,6,8-10,12,14-16,18,20-22,24,26,29-53H2,1-2H3/b7-5-,13-11-,19-17-,25-23-,28-27-. The minimum atomic E-state index is -0.774. The monoisotopic (exact) mass is 853 g/mol. The van der Waals surface area contributed by atoms with Gasteiger partial charge in [-0.2, -0.15) is 0 Å². The van der Waals surface area contributed by atoms with Crippen LogP contribution in [0, 0.1) is 0 Å². The van der Waals surface area contributed by atoms with E-state index in [0.717, 1.165) is 70.6 Å². The third-order valence-corrected chi connectivity index (χ3v) is 11.6. The summed E-state index contributed by atoms with van der Waals surface area (Å²) in [5.41, 5.74) is 0. The van der Waals surface area contributed by atoms with E-state index in [-0.39, 0.29) is 25.2 Å². The number of esters is 2. The molecule has 1 N–H and O–H groups in total. The molecule has 0 heterocycles. The highest BCUT2D eigenvalue weighted by atomic mass is 16.6. The van der Waals surface area contributed by atoms with E-state index in [1.54, 1.807) is 0 Å². The molecule has 0 rings (SSSR count). The summed E-state index contributed by atoms with van der Waals surface area (Å²) in [6.45, 7) is 4.06. The average Bonchev–Trinajstić information content (AvgIpc) is 3.26. The molecular weight excluding hydrogens is 753 g/mol. The molecule has 0 saturated heterocycles. The van der Waals surface area contributed by atoms with Gasteiger partial charge < -0.3 is 14.6 Å². The number of rotatable bonds is 48. The molecule has 1 atom stereocenters. The zero-order valence-electron chi connectivity index (χ0n) is 40.4. The maximum atomic E-state index is 12.3. The molecule has 0 spiro atoms. The molecule has 5 nitrogen and oxygen atoms in total. The molecule has 0 aromatic rings. The number of carbonyl (C=O) groups excluding carboxylic acids is 2. The van der Waals surface area contributed by atoms with Gasteiger partial charge in [0.05, 0.1) is 6.61 Å². The number of ether oxygens (including phenoxy) is 2. The Balaban J connectivity index is 3.49. The minimum absolute atomic E-state index is 0.0649. The Kier molecular flexibility index (Phi) is 49.9. The molecule has 0 bridgehead atoms. The SMILES string of the molecule is CC/C=C\C/C=C\C/C=C\C/C=C\C/C=C\CCCCCCCCCCCCCC(=O)OC(CO)COC(=O)CCCCCCCCCCCCCCCCCCCCCC. The second-order valence-electron chi connectivity index (χ2n) is 17.6. The van der Waals surface area contributed by atoms with Gasteiger partial charge in [0.2, 0.25) is 0 Å². The molecule has 0 radical (unpaired) electrons. The summed E-state index contributed by atoms with van der Waals surface area (Å²) in [4.78, 5) is 24.5. The van der Waals surface area contributed by atoms with Crippen LogP contribution >= 0.6 is 0 Å². The van der Waals surface area contributed by atoms with E-state index in [2.05, 4.69) is 74.6 Å². The van der Waals surface area contributed by atoms with Gasteiger partial charge in [0, 0.05) is 12.8 Å². The Labute approximate surface area is 379 Å². The molecule has 0 fully saturated rings. The third kappa shape index (κ3) is 50.1. The molecule has 0 aromatic heterocycles. The molecule has 61 heavy (non-hydrogen) atoms. The van der Waals surface area contributed by atoms with Crippen molar-refractivity contribution in [2.45, 2.75) is 270 Å². The molecule has 0 aliphatic heterocycles. The second kappa shape index (κ2) is 51.9. The van der Waals surface area contributed by atoms with Crippen molar-refractivity contribution in [1.82, 2.24) is 0 Å². The highest BCUT2D eigenvalue weighted by Gasteiger charge is 2.16. The summed E-state index contributed by atoms with van der Waals surface area (Å²) in [7, 11) is 0. The first kappa shape index (κ1) is 58.6. The number of aliphatic hydroxyl groups is 1. The number of hydrogen-bond donors (Lipinski definition) is 1. The molecule has 0 amide bonds. The lowest BCUT2D eigenvalue weighted by Gasteiger charge is -2.15. The maximum Gasteiger partial charge on any atom is 0.306 e. The Hall–Kier alpha value is -2.40. The molecule has 354 valence electrons. The van der Waals surface area contributed by atoms with Gasteiger partial charge in [-0.05, 0) is 57.8 Å². The van der Waals surface area contributed by atoms with Crippen molar-refractivity contribution in [1.29, 1.82) is 0 Å². The first-order valence-corrected chi connectivity index (χ1v) is 26.3. The van der Waals surface area contributed by atoms with Gasteiger partial charge in [0.1, 0.15) is 6.61 Å². The molecule has 5 heteroatoms. The normalized spacial score (nSPS) is 12.6. The summed E-state index contributed by atoms with van der Waals surface area (Å²) in [5.74, 6) is -0.584. The minimum Gasteiger partial charge on any atom is -0.462 e. The number of unbranched alkanes of at least 4 members (excludes halogenated alkanes) is 30. The number of aliphatic hydroxyl groups excluding tert-OH is 1. The van der Waals surface area contributed by atoms with Crippen molar-refractivity contribution in [3.05, 3.63) is 60.8 Å². The van der Waals surface area contributed by atoms with Crippen molar-refractivity contribution >= 4 is 11.9 Å². The first-order valence-electron chi connectivity index (χ1n) is 26.3. The van der Waals surface area contributed by atoms with Crippen LogP contribution in [-0.4, -0.2) is 36.4 Å².